The molecule has 1 aromatic heterocycles. The molecule has 1 amide bonds. The molecular formula is C19H16F2N2O3. The highest BCUT2D eigenvalue weighted by molar-refractivity contribution is 6.05. The van der Waals surface area contributed by atoms with Crippen molar-refractivity contribution in [3.63, 3.8) is 0 Å². The lowest BCUT2D eigenvalue weighted by Crippen LogP contribution is -2.23. The SMILES string of the molecule is CCOc1ccc2c(c1)c(=O)c(C(=O)Nc1ccc(F)c(F)c1)cn2C. The minimum Gasteiger partial charge on any atom is -0.494 e. The Balaban J connectivity index is 2.03. The van der Waals surface area contributed by atoms with Gasteiger partial charge >= 0.3 is 0 Å². The second-order valence-electron chi connectivity index (χ2n) is 5.68. The molecule has 0 aliphatic heterocycles. The zero-order chi connectivity index (χ0) is 18.8. The van der Waals surface area contributed by atoms with Crippen molar-refractivity contribution >= 4 is 22.5 Å². The van der Waals surface area contributed by atoms with Crippen molar-refractivity contribution < 1.29 is 18.3 Å². The van der Waals surface area contributed by atoms with Crippen LogP contribution in [-0.4, -0.2) is 17.1 Å². The van der Waals surface area contributed by atoms with Crippen molar-refractivity contribution in [1.82, 2.24) is 4.57 Å². The van der Waals surface area contributed by atoms with Gasteiger partial charge in [-0.15, -0.1) is 0 Å². The molecule has 0 aliphatic carbocycles. The molecule has 2 aromatic carbocycles. The van der Waals surface area contributed by atoms with Gasteiger partial charge in [-0.1, -0.05) is 0 Å². The first kappa shape index (κ1) is 17.6. The summed E-state index contributed by atoms with van der Waals surface area (Å²) in [5, 5.41) is 2.74. The number of carbonyl (C=O) groups excluding carboxylic acids is 1. The number of pyridine rings is 1. The molecule has 0 saturated heterocycles. The third kappa shape index (κ3) is 3.28. The minimum atomic E-state index is -1.09. The van der Waals surface area contributed by atoms with Crippen LogP contribution in [0.3, 0.4) is 0 Å². The first-order valence-electron chi connectivity index (χ1n) is 7.93. The first-order valence-corrected chi connectivity index (χ1v) is 7.93. The number of fused-ring (bicyclic) bond motifs is 1. The van der Waals surface area contributed by atoms with Crippen molar-refractivity contribution in [1.29, 1.82) is 0 Å². The molecule has 26 heavy (non-hydrogen) atoms. The normalized spacial score (nSPS) is 10.8. The number of nitrogens with one attached hydrogen (secondary N) is 1. The van der Waals surface area contributed by atoms with Gasteiger partial charge in [0.2, 0.25) is 5.43 Å². The summed E-state index contributed by atoms with van der Waals surface area (Å²) in [7, 11) is 1.70. The number of aromatic nitrogens is 1. The number of benzene rings is 2. The maximum atomic E-state index is 13.3. The number of aryl methyl sites for hydroxylation is 1. The first-order chi connectivity index (χ1) is 12.4. The van der Waals surface area contributed by atoms with Gasteiger partial charge in [0.25, 0.3) is 5.91 Å². The van der Waals surface area contributed by atoms with Crippen LogP contribution < -0.4 is 15.5 Å². The zero-order valence-corrected chi connectivity index (χ0v) is 14.2. The summed E-state index contributed by atoms with van der Waals surface area (Å²) in [5.74, 6) is -2.29. The van der Waals surface area contributed by atoms with Crippen LogP contribution in [0.15, 0.2) is 47.4 Å². The maximum absolute atomic E-state index is 13.3. The lowest BCUT2D eigenvalue weighted by atomic mass is 10.1. The number of amides is 1. The summed E-state index contributed by atoms with van der Waals surface area (Å²) in [5.41, 5.74) is 0.111. The summed E-state index contributed by atoms with van der Waals surface area (Å²) in [6.45, 7) is 2.27. The lowest BCUT2D eigenvalue weighted by Gasteiger charge is -2.11. The fraction of sp³-hybridized carbons (Fsp3) is 0.158. The molecule has 0 aliphatic rings. The maximum Gasteiger partial charge on any atom is 0.261 e. The summed E-state index contributed by atoms with van der Waals surface area (Å²) in [6.07, 6.45) is 1.40. The standard InChI is InChI=1S/C19H16F2N2O3/c1-3-26-12-5-7-17-13(9-12)18(24)14(10-23(17)2)19(25)22-11-4-6-15(20)16(21)8-11/h4-10H,3H2,1-2H3,(H,22,25). The number of hydrogen-bond acceptors (Lipinski definition) is 3. The Labute approximate surface area is 147 Å². The van der Waals surface area contributed by atoms with E-state index in [1.54, 1.807) is 29.8 Å². The van der Waals surface area contributed by atoms with Crippen LogP contribution in [0.1, 0.15) is 17.3 Å². The smallest absolute Gasteiger partial charge is 0.261 e. The van der Waals surface area contributed by atoms with Crippen LogP contribution in [0, 0.1) is 11.6 Å². The molecule has 7 heteroatoms. The summed E-state index contributed by atoms with van der Waals surface area (Å²) >= 11 is 0. The van der Waals surface area contributed by atoms with E-state index in [0.717, 1.165) is 12.1 Å². The molecule has 0 unspecified atom stereocenters. The molecule has 0 saturated carbocycles. The van der Waals surface area contributed by atoms with Gasteiger partial charge in [-0.25, -0.2) is 8.78 Å². The Morgan fingerprint density at radius 2 is 1.92 bits per heavy atom. The van der Waals surface area contributed by atoms with Crippen molar-refractivity contribution in [2.24, 2.45) is 7.05 Å². The number of rotatable bonds is 4. The van der Waals surface area contributed by atoms with E-state index in [1.165, 1.54) is 12.3 Å². The molecule has 0 fully saturated rings. The molecule has 0 spiro atoms. The van der Waals surface area contributed by atoms with E-state index < -0.39 is 23.0 Å². The zero-order valence-electron chi connectivity index (χ0n) is 14.2. The molecule has 0 atom stereocenters. The molecule has 1 N–H and O–H groups in total. The highest BCUT2D eigenvalue weighted by atomic mass is 19.2. The van der Waals surface area contributed by atoms with Crippen LogP contribution in [0.5, 0.6) is 5.75 Å². The summed E-state index contributed by atoms with van der Waals surface area (Å²) < 4.78 is 33.3. The minimum absolute atomic E-state index is 0.0547. The summed E-state index contributed by atoms with van der Waals surface area (Å²) in [6, 6.07) is 8.03. The van der Waals surface area contributed by atoms with Gasteiger partial charge in [-0.05, 0) is 37.3 Å². The van der Waals surface area contributed by atoms with Crippen LogP contribution in [0.4, 0.5) is 14.5 Å². The Morgan fingerprint density at radius 1 is 1.15 bits per heavy atom. The van der Waals surface area contributed by atoms with Gasteiger partial charge < -0.3 is 14.6 Å². The summed E-state index contributed by atoms with van der Waals surface area (Å²) in [4.78, 5) is 25.2. The van der Waals surface area contributed by atoms with Crippen LogP contribution in [-0.2, 0) is 7.05 Å². The number of hydrogen-bond donors (Lipinski definition) is 1. The molecule has 134 valence electrons. The predicted molar refractivity (Wildman–Crippen MR) is 94.7 cm³/mol. The number of nitrogens with zero attached hydrogens (tertiary/aromatic N) is 1. The van der Waals surface area contributed by atoms with E-state index in [1.807, 2.05) is 6.92 Å². The number of carbonyl (C=O) groups is 1. The van der Waals surface area contributed by atoms with Gasteiger partial charge in [0.1, 0.15) is 11.3 Å². The second-order valence-corrected chi connectivity index (χ2v) is 5.68. The molecule has 0 radical (unpaired) electrons. The van der Waals surface area contributed by atoms with E-state index in [-0.39, 0.29) is 11.3 Å². The molecule has 1 heterocycles. The number of ether oxygens (including phenoxy) is 1. The van der Waals surface area contributed by atoms with E-state index in [2.05, 4.69) is 5.32 Å². The van der Waals surface area contributed by atoms with E-state index in [0.29, 0.717) is 23.3 Å². The Hall–Kier alpha value is -3.22. The molecule has 3 rings (SSSR count). The second kappa shape index (κ2) is 6.95. The van der Waals surface area contributed by atoms with Gasteiger partial charge in [0.15, 0.2) is 11.6 Å². The van der Waals surface area contributed by atoms with Crippen LogP contribution in [0.25, 0.3) is 10.9 Å². The quantitative estimate of drug-likeness (QED) is 0.777. The van der Waals surface area contributed by atoms with Crippen molar-refractivity contribution in [3.05, 3.63) is 70.0 Å². The highest BCUT2D eigenvalue weighted by Gasteiger charge is 2.16. The van der Waals surface area contributed by atoms with Crippen LogP contribution in [0.2, 0.25) is 0 Å². The van der Waals surface area contributed by atoms with E-state index in [9.17, 15) is 18.4 Å². The average Bonchev–Trinajstić information content (AvgIpc) is 2.61. The molecular weight excluding hydrogens is 342 g/mol. The molecule has 3 aromatic rings. The Bertz CT molecular complexity index is 1060. The van der Waals surface area contributed by atoms with Gasteiger partial charge in [0.05, 0.1) is 17.5 Å². The third-order valence-corrected chi connectivity index (χ3v) is 3.89. The third-order valence-electron chi connectivity index (χ3n) is 3.89. The Kier molecular flexibility index (Phi) is 4.71. The molecule has 5 nitrogen and oxygen atoms in total. The lowest BCUT2D eigenvalue weighted by molar-refractivity contribution is 0.102. The van der Waals surface area contributed by atoms with Crippen molar-refractivity contribution in [2.75, 3.05) is 11.9 Å². The Morgan fingerprint density at radius 3 is 2.62 bits per heavy atom. The predicted octanol–water partition coefficient (Wildman–Crippen LogP) is 3.47. The largest absolute Gasteiger partial charge is 0.494 e. The van der Waals surface area contributed by atoms with E-state index in [4.69, 9.17) is 4.74 Å². The number of halogens is 2. The van der Waals surface area contributed by atoms with Crippen LogP contribution >= 0.6 is 0 Å². The van der Waals surface area contributed by atoms with Crippen molar-refractivity contribution in [3.8, 4) is 5.75 Å². The highest BCUT2D eigenvalue weighted by Crippen LogP contribution is 2.19. The topological polar surface area (TPSA) is 60.3 Å². The number of anilines is 1. The fourth-order valence-electron chi connectivity index (χ4n) is 2.66. The fourth-order valence-corrected chi connectivity index (χ4v) is 2.66. The van der Waals surface area contributed by atoms with Gasteiger partial charge in [-0.2, -0.15) is 0 Å². The molecule has 0 bridgehead atoms. The monoisotopic (exact) mass is 358 g/mol. The average molecular weight is 358 g/mol. The van der Waals surface area contributed by atoms with Gasteiger partial charge in [0, 0.05) is 25.0 Å². The van der Waals surface area contributed by atoms with Gasteiger partial charge in [-0.3, -0.25) is 9.59 Å². The van der Waals surface area contributed by atoms with E-state index >= 15 is 0 Å². The van der Waals surface area contributed by atoms with Crippen molar-refractivity contribution in [2.45, 2.75) is 6.92 Å².